The number of hydrogen-bond donors (Lipinski definition) is 2. The molecule has 0 bridgehead atoms. The first-order valence-electron chi connectivity index (χ1n) is 9.64. The van der Waals surface area contributed by atoms with Gasteiger partial charge in [-0.15, -0.1) is 34.2 Å². The number of rotatable bonds is 8. The van der Waals surface area contributed by atoms with E-state index in [0.717, 1.165) is 36.9 Å². The van der Waals surface area contributed by atoms with Crippen molar-refractivity contribution in [3.63, 3.8) is 0 Å². The summed E-state index contributed by atoms with van der Waals surface area (Å²) in [6.07, 6.45) is 2.99. The Bertz CT molecular complexity index is 894. The highest BCUT2D eigenvalue weighted by Gasteiger charge is 2.10. The molecule has 8 heteroatoms. The van der Waals surface area contributed by atoms with E-state index in [1.165, 1.54) is 5.56 Å². The molecule has 0 fully saturated rings. The molecule has 0 saturated carbocycles. The quantitative estimate of drug-likeness (QED) is 0.279. The first-order valence-corrected chi connectivity index (χ1v) is 9.64. The van der Waals surface area contributed by atoms with Gasteiger partial charge in [-0.25, -0.2) is 0 Å². The zero-order valence-corrected chi connectivity index (χ0v) is 19.6. The third-order valence-electron chi connectivity index (χ3n) is 4.90. The minimum absolute atomic E-state index is 0. The molecule has 156 valence electrons. The number of aliphatic imine (C=N–C) groups is 1. The van der Waals surface area contributed by atoms with E-state index in [1.807, 2.05) is 28.8 Å². The Morgan fingerprint density at radius 1 is 1.10 bits per heavy atom. The van der Waals surface area contributed by atoms with Crippen LogP contribution >= 0.6 is 24.0 Å². The zero-order valence-electron chi connectivity index (χ0n) is 17.2. The third-order valence-corrected chi connectivity index (χ3v) is 4.90. The largest absolute Gasteiger partial charge is 0.356 e. The Morgan fingerprint density at radius 2 is 1.86 bits per heavy atom. The summed E-state index contributed by atoms with van der Waals surface area (Å²) in [5.74, 6) is 1.63. The highest BCUT2D eigenvalue weighted by atomic mass is 127. The number of nitrogens with one attached hydrogen (secondary N) is 2. The van der Waals surface area contributed by atoms with Crippen LogP contribution in [-0.4, -0.2) is 52.1 Å². The second-order valence-electron chi connectivity index (χ2n) is 6.94. The van der Waals surface area contributed by atoms with E-state index in [-0.39, 0.29) is 24.0 Å². The van der Waals surface area contributed by atoms with Crippen molar-refractivity contribution in [1.82, 2.24) is 30.1 Å². The zero-order chi connectivity index (χ0) is 19.8. The summed E-state index contributed by atoms with van der Waals surface area (Å²) >= 11 is 0. The van der Waals surface area contributed by atoms with Crippen LogP contribution in [-0.2, 0) is 13.1 Å². The molecule has 0 radical (unpaired) electrons. The van der Waals surface area contributed by atoms with E-state index in [9.17, 15) is 0 Å². The highest BCUT2D eigenvalue weighted by molar-refractivity contribution is 14.0. The van der Waals surface area contributed by atoms with E-state index in [4.69, 9.17) is 0 Å². The van der Waals surface area contributed by atoms with Crippen LogP contribution in [0, 0.1) is 0 Å². The summed E-state index contributed by atoms with van der Waals surface area (Å²) in [6.45, 7) is 4.62. The highest BCUT2D eigenvalue weighted by Crippen LogP contribution is 2.08. The van der Waals surface area contributed by atoms with Crippen molar-refractivity contribution in [2.24, 2.45) is 4.99 Å². The topological polar surface area (TPSA) is 69.8 Å². The number of hydrogen-bond acceptors (Lipinski definition) is 4. The molecule has 3 aromatic rings. The molecule has 3 rings (SSSR count). The predicted molar refractivity (Wildman–Crippen MR) is 129 cm³/mol. The normalized spacial score (nSPS) is 12.6. The summed E-state index contributed by atoms with van der Waals surface area (Å²) in [7, 11) is 3.95. The minimum atomic E-state index is 0. The molecule has 1 unspecified atom stereocenters. The van der Waals surface area contributed by atoms with Crippen molar-refractivity contribution in [1.29, 1.82) is 0 Å². The fourth-order valence-electron chi connectivity index (χ4n) is 3.04. The Hall–Kier alpha value is -2.20. The van der Waals surface area contributed by atoms with Gasteiger partial charge in [-0.1, -0.05) is 36.4 Å². The maximum atomic E-state index is 4.30. The Balaban J connectivity index is 0.00000300. The van der Waals surface area contributed by atoms with E-state index >= 15 is 0 Å². The van der Waals surface area contributed by atoms with Gasteiger partial charge in [-0.2, -0.15) is 0 Å². The van der Waals surface area contributed by atoms with Crippen LogP contribution < -0.4 is 10.6 Å². The van der Waals surface area contributed by atoms with Gasteiger partial charge >= 0.3 is 0 Å². The second-order valence-corrected chi connectivity index (χ2v) is 6.94. The Morgan fingerprint density at radius 3 is 2.62 bits per heavy atom. The molecular formula is C21H30IN7. The molecule has 29 heavy (non-hydrogen) atoms. The van der Waals surface area contributed by atoms with Crippen LogP contribution in [0.4, 0.5) is 0 Å². The number of nitrogens with zero attached hydrogens (tertiary/aromatic N) is 5. The maximum absolute atomic E-state index is 4.30. The number of fused-ring (bicyclic) bond motifs is 1. The van der Waals surface area contributed by atoms with Crippen molar-refractivity contribution < 1.29 is 0 Å². The molecular weight excluding hydrogens is 477 g/mol. The van der Waals surface area contributed by atoms with Crippen molar-refractivity contribution in [2.75, 3.05) is 20.6 Å². The number of guanidine groups is 1. The molecule has 0 amide bonds. The van der Waals surface area contributed by atoms with Crippen molar-refractivity contribution in [3.8, 4) is 0 Å². The van der Waals surface area contributed by atoms with Gasteiger partial charge in [0, 0.05) is 32.4 Å². The van der Waals surface area contributed by atoms with Crippen molar-refractivity contribution >= 4 is 35.6 Å². The van der Waals surface area contributed by atoms with Crippen molar-refractivity contribution in [3.05, 3.63) is 66.1 Å². The van der Waals surface area contributed by atoms with Gasteiger partial charge in [-0.05, 0) is 38.1 Å². The number of aromatic nitrogens is 3. The molecule has 7 nitrogen and oxygen atoms in total. The summed E-state index contributed by atoms with van der Waals surface area (Å²) < 4.78 is 1.97. The molecule has 2 N–H and O–H groups in total. The maximum Gasteiger partial charge on any atom is 0.191 e. The summed E-state index contributed by atoms with van der Waals surface area (Å²) in [5.41, 5.74) is 2.18. The van der Waals surface area contributed by atoms with Gasteiger partial charge < -0.3 is 10.6 Å². The lowest BCUT2D eigenvalue weighted by molar-refractivity contribution is 0.238. The predicted octanol–water partition coefficient (Wildman–Crippen LogP) is 2.92. The SMILES string of the molecule is CN=C(NCCC(C)N(C)Cc1ccccc1)NCc1nnc2ccccn12.I. The second kappa shape index (κ2) is 11.7. The first-order chi connectivity index (χ1) is 13.7. The number of pyridine rings is 1. The van der Waals surface area contributed by atoms with E-state index < -0.39 is 0 Å². The van der Waals surface area contributed by atoms with Gasteiger partial charge in [-0.3, -0.25) is 14.3 Å². The van der Waals surface area contributed by atoms with Crippen LogP contribution in [0.2, 0.25) is 0 Å². The summed E-state index contributed by atoms with van der Waals surface area (Å²) in [5, 5.41) is 15.1. The molecule has 2 aromatic heterocycles. The molecule has 0 aliphatic carbocycles. The molecule has 1 aromatic carbocycles. The lowest BCUT2D eigenvalue weighted by Crippen LogP contribution is -2.40. The van der Waals surface area contributed by atoms with Crippen LogP contribution in [0.3, 0.4) is 0 Å². The fourth-order valence-corrected chi connectivity index (χ4v) is 3.04. The number of halogens is 1. The minimum Gasteiger partial charge on any atom is -0.356 e. The molecule has 0 saturated heterocycles. The van der Waals surface area contributed by atoms with E-state index in [1.54, 1.807) is 7.05 Å². The molecule has 0 aliphatic rings. The van der Waals surface area contributed by atoms with Crippen LogP contribution in [0.5, 0.6) is 0 Å². The van der Waals surface area contributed by atoms with Gasteiger partial charge in [0.05, 0.1) is 6.54 Å². The van der Waals surface area contributed by atoms with Crippen LogP contribution in [0.1, 0.15) is 24.7 Å². The van der Waals surface area contributed by atoms with Crippen LogP contribution in [0.25, 0.3) is 5.65 Å². The van der Waals surface area contributed by atoms with Crippen molar-refractivity contribution in [2.45, 2.75) is 32.5 Å². The molecule has 2 heterocycles. The molecule has 0 aliphatic heterocycles. The van der Waals surface area contributed by atoms with Gasteiger partial charge in [0.2, 0.25) is 0 Å². The Kier molecular flexibility index (Phi) is 9.33. The summed E-state index contributed by atoms with van der Waals surface area (Å²) in [4.78, 5) is 6.67. The van der Waals surface area contributed by atoms with Gasteiger partial charge in [0.15, 0.2) is 17.4 Å². The fraction of sp³-hybridized carbons (Fsp3) is 0.381. The number of benzene rings is 1. The lowest BCUT2D eigenvalue weighted by atomic mass is 10.1. The third kappa shape index (κ3) is 6.67. The summed E-state index contributed by atoms with van der Waals surface area (Å²) in [6, 6.07) is 16.9. The average molecular weight is 507 g/mol. The smallest absolute Gasteiger partial charge is 0.191 e. The van der Waals surface area contributed by atoms with Gasteiger partial charge in [0.1, 0.15) is 0 Å². The molecule has 0 spiro atoms. The standard InChI is InChI=1S/C21H29N7.HI/c1-17(27(3)16-18-9-5-4-6-10-18)12-13-23-21(22-2)24-15-20-26-25-19-11-7-8-14-28(19)20;/h4-11,14,17H,12-13,15-16H2,1-3H3,(H2,22,23,24);1H. The average Bonchev–Trinajstić information content (AvgIpc) is 3.14. The first kappa shape index (κ1) is 23.1. The van der Waals surface area contributed by atoms with Gasteiger partial charge in [0.25, 0.3) is 0 Å². The van der Waals surface area contributed by atoms with E-state index in [2.05, 4.69) is 75.0 Å². The Labute approximate surface area is 189 Å². The molecule has 1 atom stereocenters. The van der Waals surface area contributed by atoms with Crippen LogP contribution in [0.15, 0.2) is 59.7 Å². The van der Waals surface area contributed by atoms with E-state index in [0.29, 0.717) is 12.6 Å². The lowest BCUT2D eigenvalue weighted by Gasteiger charge is -2.25. The monoisotopic (exact) mass is 507 g/mol.